The fourth-order valence-corrected chi connectivity index (χ4v) is 3.02. The molecule has 3 rings (SSSR count). The van der Waals surface area contributed by atoms with Crippen LogP contribution >= 0.6 is 11.6 Å². The van der Waals surface area contributed by atoms with E-state index in [2.05, 4.69) is 26.7 Å². The van der Waals surface area contributed by atoms with Crippen molar-refractivity contribution in [2.24, 2.45) is 0 Å². The topological polar surface area (TPSA) is 66.9 Å². The summed E-state index contributed by atoms with van der Waals surface area (Å²) < 4.78 is 0. The minimum Gasteiger partial charge on any atom is -0.350 e. The molecule has 0 aliphatic heterocycles. The molecule has 1 amide bonds. The Morgan fingerprint density at radius 2 is 1.70 bits per heavy atom. The van der Waals surface area contributed by atoms with E-state index in [0.717, 1.165) is 22.4 Å². The number of rotatable bonds is 5. The van der Waals surface area contributed by atoms with Gasteiger partial charge in [-0.15, -0.1) is 0 Å². The molecule has 2 aromatic carbocycles. The standard InChI is InChI=1S/C21H21ClN4O/c1-13-8-14(2)10-17(9-13)25-20(27)19-11-15(3)24-21(26-19)23-12-16-6-4-5-7-18(16)22/h4-11H,12H2,1-3H3,(H,25,27)(H,23,24,26). The van der Waals surface area contributed by atoms with Gasteiger partial charge in [-0.2, -0.15) is 0 Å². The van der Waals surface area contributed by atoms with Crippen LogP contribution in [0.2, 0.25) is 5.02 Å². The van der Waals surface area contributed by atoms with Crippen molar-refractivity contribution in [2.45, 2.75) is 27.3 Å². The number of anilines is 2. The smallest absolute Gasteiger partial charge is 0.274 e. The molecule has 0 aliphatic rings. The zero-order valence-electron chi connectivity index (χ0n) is 15.5. The van der Waals surface area contributed by atoms with Crippen LogP contribution in [0.15, 0.2) is 48.5 Å². The van der Waals surface area contributed by atoms with Gasteiger partial charge in [0.05, 0.1) is 0 Å². The van der Waals surface area contributed by atoms with Crippen molar-refractivity contribution >= 4 is 29.1 Å². The molecule has 1 aromatic heterocycles. The van der Waals surface area contributed by atoms with E-state index in [1.54, 1.807) is 6.07 Å². The Kier molecular flexibility index (Phi) is 5.72. The average Bonchev–Trinajstić information content (AvgIpc) is 2.59. The summed E-state index contributed by atoms with van der Waals surface area (Å²) in [5, 5.41) is 6.70. The van der Waals surface area contributed by atoms with Crippen molar-refractivity contribution in [3.8, 4) is 0 Å². The summed E-state index contributed by atoms with van der Waals surface area (Å²) >= 11 is 6.17. The summed E-state index contributed by atoms with van der Waals surface area (Å²) in [6.07, 6.45) is 0. The molecule has 2 N–H and O–H groups in total. The summed E-state index contributed by atoms with van der Waals surface area (Å²) in [5.41, 5.74) is 4.88. The number of halogens is 1. The SMILES string of the molecule is Cc1cc(C)cc(NC(=O)c2cc(C)nc(NCc3ccccc3Cl)n2)c1. The molecule has 0 saturated carbocycles. The van der Waals surface area contributed by atoms with Crippen LogP contribution < -0.4 is 10.6 Å². The molecule has 0 fully saturated rings. The lowest BCUT2D eigenvalue weighted by molar-refractivity contribution is 0.102. The van der Waals surface area contributed by atoms with Gasteiger partial charge < -0.3 is 10.6 Å². The molecular weight excluding hydrogens is 360 g/mol. The highest BCUT2D eigenvalue weighted by Crippen LogP contribution is 2.17. The van der Waals surface area contributed by atoms with Crippen LogP contribution in [0.3, 0.4) is 0 Å². The molecule has 27 heavy (non-hydrogen) atoms. The molecule has 0 radical (unpaired) electrons. The summed E-state index contributed by atoms with van der Waals surface area (Å²) in [6.45, 7) is 6.29. The van der Waals surface area contributed by atoms with E-state index < -0.39 is 0 Å². The monoisotopic (exact) mass is 380 g/mol. The predicted octanol–water partition coefficient (Wildman–Crippen LogP) is 4.92. The van der Waals surface area contributed by atoms with Crippen molar-refractivity contribution in [1.29, 1.82) is 0 Å². The summed E-state index contributed by atoms with van der Waals surface area (Å²) in [5.74, 6) is 0.117. The Morgan fingerprint density at radius 1 is 1.00 bits per heavy atom. The molecule has 0 bridgehead atoms. The molecule has 0 atom stereocenters. The third-order valence-corrected chi connectivity index (χ3v) is 4.33. The summed E-state index contributed by atoms with van der Waals surface area (Å²) in [4.78, 5) is 21.3. The first-order valence-electron chi connectivity index (χ1n) is 8.63. The maximum Gasteiger partial charge on any atom is 0.274 e. The van der Waals surface area contributed by atoms with Gasteiger partial charge in [-0.1, -0.05) is 35.9 Å². The number of hydrogen-bond acceptors (Lipinski definition) is 4. The van der Waals surface area contributed by atoms with Gasteiger partial charge in [-0.3, -0.25) is 4.79 Å². The van der Waals surface area contributed by atoms with Gasteiger partial charge in [0.2, 0.25) is 5.95 Å². The third kappa shape index (κ3) is 5.05. The normalized spacial score (nSPS) is 10.5. The summed E-state index contributed by atoms with van der Waals surface area (Å²) in [6, 6.07) is 15.1. The number of nitrogens with one attached hydrogen (secondary N) is 2. The van der Waals surface area contributed by atoms with E-state index >= 15 is 0 Å². The molecule has 0 spiro atoms. The number of nitrogens with zero attached hydrogens (tertiary/aromatic N) is 2. The van der Waals surface area contributed by atoms with Gasteiger partial charge >= 0.3 is 0 Å². The molecule has 138 valence electrons. The second-order valence-corrected chi connectivity index (χ2v) is 6.90. The zero-order valence-corrected chi connectivity index (χ0v) is 16.3. The van der Waals surface area contributed by atoms with Crippen molar-refractivity contribution in [3.63, 3.8) is 0 Å². The van der Waals surface area contributed by atoms with Crippen LogP contribution in [-0.2, 0) is 6.54 Å². The second-order valence-electron chi connectivity index (χ2n) is 6.49. The molecule has 0 unspecified atom stereocenters. The number of aryl methyl sites for hydroxylation is 3. The Labute approximate surface area is 163 Å². The van der Waals surface area contributed by atoms with Gasteiger partial charge in [-0.25, -0.2) is 9.97 Å². The Bertz CT molecular complexity index is 967. The number of hydrogen-bond donors (Lipinski definition) is 2. The number of benzene rings is 2. The maximum absolute atomic E-state index is 12.6. The highest BCUT2D eigenvalue weighted by atomic mass is 35.5. The first-order valence-corrected chi connectivity index (χ1v) is 9.01. The first-order chi connectivity index (χ1) is 12.9. The lowest BCUT2D eigenvalue weighted by atomic mass is 10.1. The third-order valence-electron chi connectivity index (χ3n) is 3.96. The predicted molar refractivity (Wildman–Crippen MR) is 109 cm³/mol. The van der Waals surface area contributed by atoms with E-state index in [9.17, 15) is 4.79 Å². The minimum atomic E-state index is -0.272. The Morgan fingerprint density at radius 3 is 2.41 bits per heavy atom. The number of amides is 1. The van der Waals surface area contributed by atoms with E-state index in [1.807, 2.05) is 57.2 Å². The number of carbonyl (C=O) groups is 1. The van der Waals surface area contributed by atoms with Crippen molar-refractivity contribution < 1.29 is 4.79 Å². The van der Waals surface area contributed by atoms with Crippen molar-refractivity contribution in [1.82, 2.24) is 9.97 Å². The molecule has 0 aliphatic carbocycles. The Balaban J connectivity index is 1.76. The summed E-state index contributed by atoms with van der Waals surface area (Å²) in [7, 11) is 0. The highest BCUT2D eigenvalue weighted by molar-refractivity contribution is 6.31. The van der Waals surface area contributed by atoms with Crippen LogP contribution in [0, 0.1) is 20.8 Å². The highest BCUT2D eigenvalue weighted by Gasteiger charge is 2.12. The van der Waals surface area contributed by atoms with Gasteiger partial charge in [0.25, 0.3) is 5.91 Å². The molecular formula is C21H21ClN4O. The number of aromatic nitrogens is 2. The first kappa shape index (κ1) is 18.9. The van der Waals surface area contributed by atoms with E-state index in [4.69, 9.17) is 11.6 Å². The van der Waals surface area contributed by atoms with Crippen LogP contribution in [0.25, 0.3) is 0 Å². The largest absolute Gasteiger partial charge is 0.350 e. The zero-order chi connectivity index (χ0) is 19.4. The van der Waals surface area contributed by atoms with E-state index in [-0.39, 0.29) is 5.91 Å². The lowest BCUT2D eigenvalue weighted by Crippen LogP contribution is -2.16. The van der Waals surface area contributed by atoms with Crippen LogP contribution in [0.4, 0.5) is 11.6 Å². The average molecular weight is 381 g/mol. The van der Waals surface area contributed by atoms with Crippen molar-refractivity contribution in [3.05, 3.63) is 81.6 Å². The van der Waals surface area contributed by atoms with Crippen LogP contribution in [0.5, 0.6) is 0 Å². The quantitative estimate of drug-likeness (QED) is 0.659. The molecule has 3 aromatic rings. The van der Waals surface area contributed by atoms with Gasteiger partial charge in [0.15, 0.2) is 0 Å². The van der Waals surface area contributed by atoms with E-state index in [0.29, 0.717) is 28.9 Å². The van der Waals surface area contributed by atoms with Gasteiger partial charge in [-0.05, 0) is 61.7 Å². The second kappa shape index (κ2) is 8.18. The van der Waals surface area contributed by atoms with Gasteiger partial charge in [0.1, 0.15) is 5.69 Å². The van der Waals surface area contributed by atoms with Crippen molar-refractivity contribution in [2.75, 3.05) is 10.6 Å². The minimum absolute atomic E-state index is 0.272. The molecule has 6 heteroatoms. The fraction of sp³-hybridized carbons (Fsp3) is 0.190. The molecule has 5 nitrogen and oxygen atoms in total. The number of carbonyl (C=O) groups excluding carboxylic acids is 1. The fourth-order valence-electron chi connectivity index (χ4n) is 2.82. The Hall–Kier alpha value is -2.92. The van der Waals surface area contributed by atoms with Gasteiger partial charge in [0, 0.05) is 22.9 Å². The molecule has 0 saturated heterocycles. The van der Waals surface area contributed by atoms with E-state index in [1.165, 1.54) is 0 Å². The van der Waals surface area contributed by atoms with Crippen LogP contribution in [-0.4, -0.2) is 15.9 Å². The van der Waals surface area contributed by atoms with Crippen LogP contribution in [0.1, 0.15) is 32.9 Å². The molecule has 1 heterocycles. The lowest BCUT2D eigenvalue weighted by Gasteiger charge is -2.10. The maximum atomic E-state index is 12.6.